The molecule has 0 radical (unpaired) electrons. The van der Waals surface area contributed by atoms with Gasteiger partial charge in [-0.2, -0.15) is 0 Å². The second kappa shape index (κ2) is 4.16. The minimum Gasteiger partial charge on any atom is -0.330 e. The van der Waals surface area contributed by atoms with Crippen molar-refractivity contribution in [3.8, 4) is 0 Å². The molecule has 1 atom stereocenters. The number of aryl methyl sites for hydroxylation is 1. The minimum absolute atomic E-state index is 0.368. The first-order valence-electron chi connectivity index (χ1n) is 4.00. The zero-order valence-corrected chi connectivity index (χ0v) is 7.13. The predicted octanol–water partition coefficient (Wildman–Crippen LogP) is 1.75. The standard InChI is InChI=1S/C9H13FN2/c1-7-3-5-12-6-8(7)9(10)2-4-11/h3,5-6,9H,2,4,11H2,1H3. The monoisotopic (exact) mass is 168 g/mol. The van der Waals surface area contributed by atoms with E-state index in [9.17, 15) is 4.39 Å². The molecule has 1 heterocycles. The Balaban J connectivity index is 2.79. The van der Waals surface area contributed by atoms with Gasteiger partial charge in [-0.05, 0) is 31.5 Å². The molecule has 66 valence electrons. The van der Waals surface area contributed by atoms with Crippen LogP contribution in [0.5, 0.6) is 0 Å². The van der Waals surface area contributed by atoms with Gasteiger partial charge < -0.3 is 5.73 Å². The molecule has 0 saturated heterocycles. The molecule has 0 spiro atoms. The maximum absolute atomic E-state index is 13.3. The summed E-state index contributed by atoms with van der Waals surface area (Å²) < 4.78 is 13.3. The summed E-state index contributed by atoms with van der Waals surface area (Å²) in [5.41, 5.74) is 6.85. The fourth-order valence-electron chi connectivity index (χ4n) is 1.11. The van der Waals surface area contributed by atoms with Crippen LogP contribution in [0.15, 0.2) is 18.5 Å². The summed E-state index contributed by atoms with van der Waals surface area (Å²) in [6.07, 6.45) is 2.62. The lowest BCUT2D eigenvalue weighted by atomic mass is 10.1. The second-order valence-electron chi connectivity index (χ2n) is 2.78. The molecule has 0 aliphatic heterocycles. The summed E-state index contributed by atoms with van der Waals surface area (Å²) in [7, 11) is 0. The average molecular weight is 168 g/mol. The summed E-state index contributed by atoms with van der Waals surface area (Å²) in [6, 6.07) is 1.80. The van der Waals surface area contributed by atoms with Crippen molar-refractivity contribution in [2.45, 2.75) is 19.5 Å². The lowest BCUT2D eigenvalue weighted by Gasteiger charge is -2.08. The Bertz CT molecular complexity index is 250. The normalized spacial score (nSPS) is 12.9. The van der Waals surface area contributed by atoms with Gasteiger partial charge in [0.05, 0.1) is 0 Å². The SMILES string of the molecule is Cc1ccncc1C(F)CCN. The molecule has 1 aromatic heterocycles. The van der Waals surface area contributed by atoms with Gasteiger partial charge in [-0.3, -0.25) is 4.98 Å². The van der Waals surface area contributed by atoms with Gasteiger partial charge in [-0.25, -0.2) is 4.39 Å². The van der Waals surface area contributed by atoms with Crippen molar-refractivity contribution in [2.75, 3.05) is 6.54 Å². The van der Waals surface area contributed by atoms with Crippen molar-refractivity contribution >= 4 is 0 Å². The largest absolute Gasteiger partial charge is 0.330 e. The van der Waals surface area contributed by atoms with Gasteiger partial charge in [0.1, 0.15) is 6.17 Å². The summed E-state index contributed by atoms with van der Waals surface area (Å²) in [5, 5.41) is 0. The third-order valence-electron chi connectivity index (χ3n) is 1.84. The van der Waals surface area contributed by atoms with Crippen LogP contribution in [0.25, 0.3) is 0 Å². The number of nitrogens with zero attached hydrogens (tertiary/aromatic N) is 1. The van der Waals surface area contributed by atoms with Crippen LogP contribution >= 0.6 is 0 Å². The van der Waals surface area contributed by atoms with Crippen LogP contribution in [0, 0.1) is 6.92 Å². The van der Waals surface area contributed by atoms with Crippen LogP contribution in [0.4, 0.5) is 4.39 Å². The van der Waals surface area contributed by atoms with Crippen molar-refractivity contribution in [1.29, 1.82) is 0 Å². The molecule has 0 saturated carbocycles. The zero-order chi connectivity index (χ0) is 8.97. The molecule has 0 amide bonds. The number of aromatic nitrogens is 1. The number of nitrogens with two attached hydrogens (primary N) is 1. The highest BCUT2D eigenvalue weighted by Crippen LogP contribution is 2.22. The topological polar surface area (TPSA) is 38.9 Å². The van der Waals surface area contributed by atoms with Crippen molar-refractivity contribution in [3.05, 3.63) is 29.6 Å². The van der Waals surface area contributed by atoms with Gasteiger partial charge in [0, 0.05) is 18.0 Å². The second-order valence-corrected chi connectivity index (χ2v) is 2.78. The Kier molecular flexibility index (Phi) is 3.17. The Morgan fingerprint density at radius 1 is 1.67 bits per heavy atom. The van der Waals surface area contributed by atoms with Crippen LogP contribution in [-0.2, 0) is 0 Å². The van der Waals surface area contributed by atoms with E-state index in [-0.39, 0.29) is 0 Å². The van der Waals surface area contributed by atoms with E-state index in [1.807, 2.05) is 6.92 Å². The maximum atomic E-state index is 13.3. The Labute approximate surface area is 71.6 Å². The first-order chi connectivity index (χ1) is 5.75. The van der Waals surface area contributed by atoms with E-state index >= 15 is 0 Å². The third-order valence-corrected chi connectivity index (χ3v) is 1.84. The van der Waals surface area contributed by atoms with Gasteiger partial charge >= 0.3 is 0 Å². The Morgan fingerprint density at radius 2 is 2.42 bits per heavy atom. The van der Waals surface area contributed by atoms with E-state index in [2.05, 4.69) is 4.98 Å². The Hall–Kier alpha value is -0.960. The fourth-order valence-corrected chi connectivity index (χ4v) is 1.11. The van der Waals surface area contributed by atoms with E-state index in [0.29, 0.717) is 18.5 Å². The average Bonchev–Trinajstić information content (AvgIpc) is 2.05. The summed E-state index contributed by atoms with van der Waals surface area (Å²) in [4.78, 5) is 3.87. The molecular weight excluding hydrogens is 155 g/mol. The molecule has 2 N–H and O–H groups in total. The molecule has 0 fully saturated rings. The van der Waals surface area contributed by atoms with Crippen LogP contribution in [-0.4, -0.2) is 11.5 Å². The van der Waals surface area contributed by atoms with E-state index in [0.717, 1.165) is 5.56 Å². The number of halogens is 1. The first kappa shape index (κ1) is 9.13. The van der Waals surface area contributed by atoms with Crippen LogP contribution in [0.1, 0.15) is 23.7 Å². The summed E-state index contributed by atoms with van der Waals surface area (Å²) in [6.45, 7) is 2.25. The third kappa shape index (κ3) is 2.01. The van der Waals surface area contributed by atoms with Crippen LogP contribution in [0.3, 0.4) is 0 Å². The van der Waals surface area contributed by atoms with Gasteiger partial charge in [-0.1, -0.05) is 0 Å². The molecule has 0 aliphatic carbocycles. The predicted molar refractivity (Wildman–Crippen MR) is 46.5 cm³/mol. The maximum Gasteiger partial charge on any atom is 0.128 e. The smallest absolute Gasteiger partial charge is 0.128 e. The lowest BCUT2D eigenvalue weighted by molar-refractivity contribution is 0.326. The van der Waals surface area contributed by atoms with Gasteiger partial charge in [0.25, 0.3) is 0 Å². The van der Waals surface area contributed by atoms with Crippen LogP contribution in [0.2, 0.25) is 0 Å². The van der Waals surface area contributed by atoms with E-state index in [1.54, 1.807) is 18.5 Å². The molecule has 0 bridgehead atoms. The van der Waals surface area contributed by atoms with E-state index < -0.39 is 6.17 Å². The number of rotatable bonds is 3. The van der Waals surface area contributed by atoms with Crippen molar-refractivity contribution in [1.82, 2.24) is 4.98 Å². The van der Waals surface area contributed by atoms with Crippen molar-refractivity contribution in [2.24, 2.45) is 5.73 Å². The number of alkyl halides is 1. The molecule has 0 aromatic carbocycles. The molecule has 0 aliphatic rings. The molecule has 1 aromatic rings. The Morgan fingerprint density at radius 3 is 3.00 bits per heavy atom. The molecule has 1 rings (SSSR count). The summed E-state index contributed by atoms with van der Waals surface area (Å²) >= 11 is 0. The van der Waals surface area contributed by atoms with E-state index in [1.165, 1.54) is 0 Å². The van der Waals surface area contributed by atoms with Gasteiger partial charge in [0.15, 0.2) is 0 Å². The summed E-state index contributed by atoms with van der Waals surface area (Å²) in [5.74, 6) is 0. The zero-order valence-electron chi connectivity index (χ0n) is 7.13. The number of hydrogen-bond donors (Lipinski definition) is 1. The highest BCUT2D eigenvalue weighted by atomic mass is 19.1. The minimum atomic E-state index is -0.969. The molecule has 2 nitrogen and oxygen atoms in total. The molecule has 1 unspecified atom stereocenters. The highest BCUT2D eigenvalue weighted by Gasteiger charge is 2.10. The van der Waals surface area contributed by atoms with Gasteiger partial charge in [-0.15, -0.1) is 0 Å². The number of pyridine rings is 1. The van der Waals surface area contributed by atoms with Gasteiger partial charge in [0.2, 0.25) is 0 Å². The first-order valence-corrected chi connectivity index (χ1v) is 4.00. The van der Waals surface area contributed by atoms with Crippen molar-refractivity contribution in [3.63, 3.8) is 0 Å². The van der Waals surface area contributed by atoms with Crippen LogP contribution < -0.4 is 5.73 Å². The quantitative estimate of drug-likeness (QED) is 0.746. The molecule has 12 heavy (non-hydrogen) atoms. The lowest BCUT2D eigenvalue weighted by Crippen LogP contribution is -2.05. The highest BCUT2D eigenvalue weighted by molar-refractivity contribution is 5.23. The molecular formula is C9H13FN2. The van der Waals surface area contributed by atoms with E-state index in [4.69, 9.17) is 5.73 Å². The van der Waals surface area contributed by atoms with Crippen molar-refractivity contribution < 1.29 is 4.39 Å². The fraction of sp³-hybridized carbons (Fsp3) is 0.444. The number of hydrogen-bond acceptors (Lipinski definition) is 2. The molecule has 3 heteroatoms.